The lowest BCUT2D eigenvalue weighted by Crippen LogP contribution is -2.37. The van der Waals surface area contributed by atoms with Crippen LogP contribution < -0.4 is 10.6 Å². The van der Waals surface area contributed by atoms with Gasteiger partial charge in [-0.15, -0.1) is 0 Å². The van der Waals surface area contributed by atoms with E-state index in [-0.39, 0.29) is 11.8 Å². The number of carbonyl (C=O) groups is 2. The molecule has 5 nitrogen and oxygen atoms in total. The van der Waals surface area contributed by atoms with Gasteiger partial charge in [0.15, 0.2) is 0 Å². The van der Waals surface area contributed by atoms with E-state index in [2.05, 4.69) is 10.6 Å². The normalized spacial score (nSPS) is 20.3. The predicted molar refractivity (Wildman–Crippen MR) is 82.9 cm³/mol. The molecule has 0 unspecified atom stereocenters. The molecule has 0 aromatic carbocycles. The summed E-state index contributed by atoms with van der Waals surface area (Å²) in [5.41, 5.74) is 0. The SMILES string of the molecule is O=C(CCC1CCNCC1)NCCC(=O)N1CCCCC1. The minimum atomic E-state index is 0.0972. The second-order valence-electron chi connectivity index (χ2n) is 6.27. The Bertz CT molecular complexity index is 334. The predicted octanol–water partition coefficient (Wildman–Crippen LogP) is 1.29. The van der Waals surface area contributed by atoms with Gasteiger partial charge in [0.05, 0.1) is 0 Å². The van der Waals surface area contributed by atoms with Crippen LogP contribution >= 0.6 is 0 Å². The second-order valence-corrected chi connectivity index (χ2v) is 6.27. The van der Waals surface area contributed by atoms with Crippen LogP contribution in [0, 0.1) is 5.92 Å². The average Bonchev–Trinajstić information content (AvgIpc) is 2.54. The summed E-state index contributed by atoms with van der Waals surface area (Å²) in [5, 5.41) is 6.23. The number of hydrogen-bond donors (Lipinski definition) is 2. The maximum Gasteiger partial charge on any atom is 0.224 e. The van der Waals surface area contributed by atoms with E-state index in [1.54, 1.807) is 0 Å². The van der Waals surface area contributed by atoms with E-state index in [0.29, 0.717) is 25.3 Å². The van der Waals surface area contributed by atoms with Crippen molar-refractivity contribution in [1.82, 2.24) is 15.5 Å². The highest BCUT2D eigenvalue weighted by Gasteiger charge is 2.17. The molecule has 2 fully saturated rings. The first kappa shape index (κ1) is 16.3. The van der Waals surface area contributed by atoms with Crippen molar-refractivity contribution in [3.63, 3.8) is 0 Å². The van der Waals surface area contributed by atoms with Crippen molar-refractivity contribution in [2.24, 2.45) is 5.92 Å². The third kappa shape index (κ3) is 6.04. The molecule has 5 heteroatoms. The Morgan fingerprint density at radius 2 is 1.76 bits per heavy atom. The van der Waals surface area contributed by atoms with E-state index < -0.39 is 0 Å². The number of hydrogen-bond acceptors (Lipinski definition) is 3. The first-order valence-corrected chi connectivity index (χ1v) is 8.51. The molecule has 0 bridgehead atoms. The van der Waals surface area contributed by atoms with Crippen LogP contribution in [0.1, 0.15) is 51.4 Å². The van der Waals surface area contributed by atoms with E-state index >= 15 is 0 Å². The quantitative estimate of drug-likeness (QED) is 0.776. The third-order valence-corrected chi connectivity index (χ3v) is 4.61. The fourth-order valence-electron chi connectivity index (χ4n) is 3.20. The van der Waals surface area contributed by atoms with Crippen LogP contribution in [0.4, 0.5) is 0 Å². The minimum absolute atomic E-state index is 0.0972. The van der Waals surface area contributed by atoms with Crippen LogP contribution in [0.15, 0.2) is 0 Å². The largest absolute Gasteiger partial charge is 0.356 e. The summed E-state index contributed by atoms with van der Waals surface area (Å²) in [7, 11) is 0. The van der Waals surface area contributed by atoms with E-state index in [4.69, 9.17) is 0 Å². The summed E-state index contributed by atoms with van der Waals surface area (Å²) in [6.45, 7) is 4.43. The van der Waals surface area contributed by atoms with Crippen molar-refractivity contribution in [1.29, 1.82) is 0 Å². The first-order chi connectivity index (χ1) is 10.3. The zero-order valence-corrected chi connectivity index (χ0v) is 13.0. The Labute approximate surface area is 127 Å². The molecule has 2 N–H and O–H groups in total. The molecule has 0 radical (unpaired) electrons. The van der Waals surface area contributed by atoms with Gasteiger partial charge >= 0.3 is 0 Å². The summed E-state index contributed by atoms with van der Waals surface area (Å²) in [4.78, 5) is 25.7. The van der Waals surface area contributed by atoms with Crippen molar-refractivity contribution in [3.05, 3.63) is 0 Å². The number of amides is 2. The molecule has 0 atom stereocenters. The number of carbonyl (C=O) groups excluding carboxylic acids is 2. The molecule has 21 heavy (non-hydrogen) atoms. The lowest BCUT2D eigenvalue weighted by molar-refractivity contribution is -0.132. The molecule has 2 aliphatic rings. The fourth-order valence-corrected chi connectivity index (χ4v) is 3.20. The molecule has 0 aliphatic carbocycles. The van der Waals surface area contributed by atoms with Gasteiger partial charge in [-0.3, -0.25) is 9.59 Å². The van der Waals surface area contributed by atoms with E-state index in [9.17, 15) is 9.59 Å². The van der Waals surface area contributed by atoms with Crippen LogP contribution in [-0.2, 0) is 9.59 Å². The third-order valence-electron chi connectivity index (χ3n) is 4.61. The van der Waals surface area contributed by atoms with Crippen molar-refractivity contribution in [3.8, 4) is 0 Å². The Kier molecular flexibility index (Phi) is 7.00. The summed E-state index contributed by atoms with van der Waals surface area (Å²) < 4.78 is 0. The summed E-state index contributed by atoms with van der Waals surface area (Å²) in [6.07, 6.45) is 7.86. The highest BCUT2D eigenvalue weighted by atomic mass is 16.2. The topological polar surface area (TPSA) is 61.4 Å². The van der Waals surface area contributed by atoms with Gasteiger partial charge in [-0.1, -0.05) is 0 Å². The monoisotopic (exact) mass is 295 g/mol. The van der Waals surface area contributed by atoms with Crippen molar-refractivity contribution in [2.75, 3.05) is 32.7 Å². The van der Waals surface area contributed by atoms with Crippen LogP contribution in [0.2, 0.25) is 0 Å². The lowest BCUT2D eigenvalue weighted by atomic mass is 9.93. The fraction of sp³-hybridized carbons (Fsp3) is 0.875. The van der Waals surface area contributed by atoms with Crippen LogP contribution in [0.5, 0.6) is 0 Å². The molecule has 2 aliphatic heterocycles. The van der Waals surface area contributed by atoms with Gasteiger partial charge in [-0.25, -0.2) is 0 Å². The minimum Gasteiger partial charge on any atom is -0.356 e. The summed E-state index contributed by atoms with van der Waals surface area (Å²) in [6, 6.07) is 0. The maximum atomic E-state index is 12.0. The summed E-state index contributed by atoms with van der Waals surface area (Å²) in [5.74, 6) is 0.973. The van der Waals surface area contributed by atoms with Gasteiger partial charge in [0, 0.05) is 32.5 Å². The molecular formula is C16H29N3O2. The zero-order valence-electron chi connectivity index (χ0n) is 13.0. The molecule has 0 saturated carbocycles. The van der Waals surface area contributed by atoms with Gasteiger partial charge < -0.3 is 15.5 Å². The van der Waals surface area contributed by atoms with Gasteiger partial charge in [0.1, 0.15) is 0 Å². The van der Waals surface area contributed by atoms with Gasteiger partial charge in [0.2, 0.25) is 11.8 Å². The molecule has 2 saturated heterocycles. The number of likely N-dealkylation sites (tertiary alicyclic amines) is 1. The maximum absolute atomic E-state index is 12.0. The average molecular weight is 295 g/mol. The number of piperidine rings is 2. The first-order valence-electron chi connectivity index (χ1n) is 8.51. The number of nitrogens with one attached hydrogen (secondary N) is 2. The van der Waals surface area contributed by atoms with Crippen molar-refractivity contribution >= 4 is 11.8 Å². The van der Waals surface area contributed by atoms with Crippen molar-refractivity contribution < 1.29 is 9.59 Å². The molecule has 0 aromatic rings. The van der Waals surface area contributed by atoms with Gasteiger partial charge in [0.25, 0.3) is 0 Å². The Morgan fingerprint density at radius 3 is 2.48 bits per heavy atom. The molecule has 2 heterocycles. The van der Waals surface area contributed by atoms with Gasteiger partial charge in [-0.05, 0) is 57.5 Å². The van der Waals surface area contributed by atoms with Crippen molar-refractivity contribution in [2.45, 2.75) is 51.4 Å². The van der Waals surface area contributed by atoms with Crippen LogP contribution in [0.25, 0.3) is 0 Å². The van der Waals surface area contributed by atoms with E-state index in [1.165, 1.54) is 19.3 Å². The molecule has 2 rings (SSSR count). The lowest BCUT2D eigenvalue weighted by Gasteiger charge is -2.26. The van der Waals surface area contributed by atoms with Gasteiger partial charge in [-0.2, -0.15) is 0 Å². The van der Waals surface area contributed by atoms with E-state index in [0.717, 1.165) is 45.4 Å². The molecule has 2 amide bonds. The van der Waals surface area contributed by atoms with Crippen LogP contribution in [-0.4, -0.2) is 49.4 Å². The standard InChI is InChI=1S/C16H29N3O2/c20-15(5-4-14-6-9-17-10-7-14)18-11-8-16(21)19-12-2-1-3-13-19/h14,17H,1-13H2,(H,18,20). The Hall–Kier alpha value is -1.10. The molecule has 0 aromatic heterocycles. The number of rotatable bonds is 6. The van der Waals surface area contributed by atoms with E-state index in [1.807, 2.05) is 4.90 Å². The number of nitrogens with zero attached hydrogens (tertiary/aromatic N) is 1. The second kappa shape index (κ2) is 9.03. The smallest absolute Gasteiger partial charge is 0.224 e. The summed E-state index contributed by atoms with van der Waals surface area (Å²) >= 11 is 0. The highest BCUT2D eigenvalue weighted by Crippen LogP contribution is 2.17. The molecule has 0 spiro atoms. The Morgan fingerprint density at radius 1 is 1.05 bits per heavy atom. The van der Waals surface area contributed by atoms with Crippen LogP contribution in [0.3, 0.4) is 0 Å². The Balaban J connectivity index is 1.52. The molecular weight excluding hydrogens is 266 g/mol. The molecule has 120 valence electrons. The zero-order chi connectivity index (χ0) is 14.9. The highest BCUT2D eigenvalue weighted by molar-refractivity contribution is 5.79.